The number of rotatable bonds is 15. The van der Waals surface area contributed by atoms with Gasteiger partial charge in [-0.3, -0.25) is 4.90 Å². The average Bonchev–Trinajstić information content (AvgIpc) is 2.97. The van der Waals surface area contributed by atoms with Crippen LogP contribution in [-0.2, 0) is 6.54 Å². The molecule has 1 aromatic carbocycles. The molecule has 3 N–H and O–H groups in total. The minimum Gasteiger partial charge on any atom is -0.390 e. The molecule has 0 aliphatic carbocycles. The summed E-state index contributed by atoms with van der Waals surface area (Å²) in [5.74, 6) is 0. The van der Waals surface area contributed by atoms with Gasteiger partial charge in [0.15, 0.2) is 0 Å². The molecular formula is C25H44N2O. The first-order chi connectivity index (χ1) is 13.7. The van der Waals surface area contributed by atoms with Crippen LogP contribution < -0.4 is 5.73 Å². The van der Waals surface area contributed by atoms with Crippen LogP contribution >= 0.6 is 0 Å². The number of aliphatic hydroxyl groups is 1. The molecule has 1 aliphatic rings. The first-order valence-electron chi connectivity index (χ1n) is 11.9. The average molecular weight is 389 g/mol. The lowest BCUT2D eigenvalue weighted by Gasteiger charge is -2.26. The Balaban J connectivity index is 1.54. The molecule has 3 nitrogen and oxygen atoms in total. The van der Waals surface area contributed by atoms with Crippen molar-refractivity contribution in [1.29, 1.82) is 0 Å². The molecule has 0 bridgehead atoms. The standard InChI is InChI=1S/C25H44N2O/c1-2-3-4-5-6-7-8-9-10-11-12-16-19-24-25(28)23(26)21-27(24)20-22-17-14-13-15-18-22/h13-15,17-18,23-25,28H,2-12,16,19-21,26H2,1H3/t23-,24-,25-/m0/s1. The van der Waals surface area contributed by atoms with E-state index in [1.165, 1.54) is 82.6 Å². The van der Waals surface area contributed by atoms with Gasteiger partial charge in [-0.2, -0.15) is 0 Å². The molecule has 3 heteroatoms. The summed E-state index contributed by atoms with van der Waals surface area (Å²) in [5, 5.41) is 10.5. The first kappa shape index (κ1) is 23.4. The van der Waals surface area contributed by atoms with Gasteiger partial charge in [0.25, 0.3) is 0 Å². The quantitative estimate of drug-likeness (QED) is 0.382. The summed E-state index contributed by atoms with van der Waals surface area (Å²) in [6, 6.07) is 10.7. The second kappa shape index (κ2) is 14.1. The van der Waals surface area contributed by atoms with E-state index in [0.29, 0.717) is 0 Å². The lowest BCUT2D eigenvalue weighted by atomic mass is 10.0. The van der Waals surface area contributed by atoms with Crippen molar-refractivity contribution >= 4 is 0 Å². The number of nitrogens with two attached hydrogens (primary N) is 1. The lowest BCUT2D eigenvalue weighted by molar-refractivity contribution is 0.0990. The highest BCUT2D eigenvalue weighted by Crippen LogP contribution is 2.25. The lowest BCUT2D eigenvalue weighted by Crippen LogP contribution is -2.37. The van der Waals surface area contributed by atoms with Gasteiger partial charge in [0.2, 0.25) is 0 Å². The van der Waals surface area contributed by atoms with Crippen LogP contribution in [0.5, 0.6) is 0 Å². The zero-order valence-corrected chi connectivity index (χ0v) is 18.2. The predicted octanol–water partition coefficient (Wildman–Crippen LogP) is 5.65. The van der Waals surface area contributed by atoms with E-state index in [9.17, 15) is 5.11 Å². The van der Waals surface area contributed by atoms with Crippen molar-refractivity contribution in [3.63, 3.8) is 0 Å². The van der Waals surface area contributed by atoms with E-state index in [4.69, 9.17) is 5.73 Å². The summed E-state index contributed by atoms with van der Waals surface area (Å²) in [7, 11) is 0. The number of likely N-dealkylation sites (tertiary alicyclic amines) is 1. The topological polar surface area (TPSA) is 49.5 Å². The molecule has 0 radical (unpaired) electrons. The molecule has 0 unspecified atom stereocenters. The minimum atomic E-state index is -0.378. The van der Waals surface area contributed by atoms with Gasteiger partial charge >= 0.3 is 0 Å². The number of nitrogens with zero attached hydrogens (tertiary/aromatic N) is 1. The summed E-state index contributed by atoms with van der Waals surface area (Å²) < 4.78 is 0. The normalized spacial score (nSPS) is 22.8. The van der Waals surface area contributed by atoms with Crippen molar-refractivity contribution in [3.8, 4) is 0 Å². The highest BCUT2D eigenvalue weighted by molar-refractivity contribution is 5.15. The van der Waals surface area contributed by atoms with Gasteiger partial charge in [-0.05, 0) is 12.0 Å². The third-order valence-electron chi connectivity index (χ3n) is 6.33. The molecule has 0 amide bonds. The maximum Gasteiger partial charge on any atom is 0.0858 e. The van der Waals surface area contributed by atoms with Crippen LogP contribution in [0.25, 0.3) is 0 Å². The molecule has 28 heavy (non-hydrogen) atoms. The summed E-state index contributed by atoms with van der Waals surface area (Å²) in [6.07, 6.45) is 17.1. The molecule has 0 spiro atoms. The number of hydrogen-bond donors (Lipinski definition) is 2. The molecule has 2 rings (SSSR count). The van der Waals surface area contributed by atoms with Crippen molar-refractivity contribution in [2.75, 3.05) is 6.54 Å². The van der Waals surface area contributed by atoms with Crippen molar-refractivity contribution in [2.24, 2.45) is 5.73 Å². The van der Waals surface area contributed by atoms with Gasteiger partial charge in [0, 0.05) is 25.2 Å². The molecule has 3 atom stereocenters. The highest BCUT2D eigenvalue weighted by Gasteiger charge is 2.37. The van der Waals surface area contributed by atoms with Gasteiger partial charge in [0.05, 0.1) is 6.10 Å². The molecule has 0 saturated carbocycles. The Labute approximate surface area is 173 Å². The third-order valence-corrected chi connectivity index (χ3v) is 6.33. The van der Waals surface area contributed by atoms with Crippen LogP contribution in [0.1, 0.15) is 96.0 Å². The molecule has 1 aromatic rings. The zero-order valence-electron chi connectivity index (χ0n) is 18.2. The van der Waals surface area contributed by atoms with Crippen LogP contribution in [0.4, 0.5) is 0 Å². The van der Waals surface area contributed by atoms with E-state index in [0.717, 1.165) is 19.5 Å². The first-order valence-corrected chi connectivity index (χ1v) is 11.9. The van der Waals surface area contributed by atoms with Gasteiger partial charge < -0.3 is 10.8 Å². The van der Waals surface area contributed by atoms with Gasteiger partial charge in [-0.1, -0.05) is 114 Å². The molecule has 1 saturated heterocycles. The van der Waals surface area contributed by atoms with Crippen LogP contribution in [0.3, 0.4) is 0 Å². The van der Waals surface area contributed by atoms with E-state index in [2.05, 4.69) is 42.2 Å². The highest BCUT2D eigenvalue weighted by atomic mass is 16.3. The molecule has 1 heterocycles. The Kier molecular flexibility index (Phi) is 11.8. The van der Waals surface area contributed by atoms with E-state index >= 15 is 0 Å². The van der Waals surface area contributed by atoms with Crippen molar-refractivity contribution in [3.05, 3.63) is 35.9 Å². The van der Waals surface area contributed by atoms with Crippen molar-refractivity contribution in [1.82, 2.24) is 4.90 Å². The molecular weight excluding hydrogens is 344 g/mol. The fourth-order valence-electron chi connectivity index (χ4n) is 4.56. The Bertz CT molecular complexity index is 493. The fraction of sp³-hybridized carbons (Fsp3) is 0.760. The van der Waals surface area contributed by atoms with Crippen LogP contribution in [0, 0.1) is 0 Å². The maximum absolute atomic E-state index is 10.5. The van der Waals surface area contributed by atoms with E-state index in [1.807, 2.05) is 0 Å². The molecule has 160 valence electrons. The predicted molar refractivity (Wildman–Crippen MR) is 120 cm³/mol. The molecule has 1 fully saturated rings. The Morgan fingerprint density at radius 1 is 0.857 bits per heavy atom. The number of unbranched alkanes of at least 4 members (excludes halogenated alkanes) is 11. The van der Waals surface area contributed by atoms with Gasteiger partial charge in [0.1, 0.15) is 0 Å². The SMILES string of the molecule is CCCCCCCCCCCCCC[C@H]1[C@@H](O)[C@@H](N)CN1Cc1ccccc1. The van der Waals surface area contributed by atoms with Crippen molar-refractivity contribution < 1.29 is 5.11 Å². The largest absolute Gasteiger partial charge is 0.390 e. The number of aliphatic hydroxyl groups excluding tert-OH is 1. The summed E-state index contributed by atoms with van der Waals surface area (Å²) in [6.45, 7) is 3.98. The summed E-state index contributed by atoms with van der Waals surface area (Å²) >= 11 is 0. The van der Waals surface area contributed by atoms with E-state index in [-0.39, 0.29) is 18.2 Å². The minimum absolute atomic E-state index is 0.106. The zero-order chi connectivity index (χ0) is 20.0. The second-order valence-electron chi connectivity index (χ2n) is 8.81. The smallest absolute Gasteiger partial charge is 0.0858 e. The number of benzene rings is 1. The third kappa shape index (κ3) is 8.63. The molecule has 0 aromatic heterocycles. The van der Waals surface area contributed by atoms with Crippen LogP contribution in [-0.4, -0.2) is 34.7 Å². The Morgan fingerprint density at radius 2 is 1.39 bits per heavy atom. The molecule has 1 aliphatic heterocycles. The van der Waals surface area contributed by atoms with Crippen LogP contribution in [0.15, 0.2) is 30.3 Å². The van der Waals surface area contributed by atoms with Crippen molar-refractivity contribution in [2.45, 2.75) is 115 Å². The second-order valence-corrected chi connectivity index (χ2v) is 8.81. The van der Waals surface area contributed by atoms with Gasteiger partial charge in [-0.25, -0.2) is 0 Å². The van der Waals surface area contributed by atoms with Crippen LogP contribution in [0.2, 0.25) is 0 Å². The van der Waals surface area contributed by atoms with E-state index in [1.54, 1.807) is 0 Å². The van der Waals surface area contributed by atoms with Gasteiger partial charge in [-0.15, -0.1) is 0 Å². The Morgan fingerprint density at radius 3 is 1.96 bits per heavy atom. The monoisotopic (exact) mass is 388 g/mol. The van der Waals surface area contributed by atoms with E-state index < -0.39 is 0 Å². The maximum atomic E-state index is 10.5. The Hall–Kier alpha value is -0.900. The fourth-order valence-corrected chi connectivity index (χ4v) is 4.56. The summed E-state index contributed by atoms with van der Waals surface area (Å²) in [4.78, 5) is 2.39. The number of hydrogen-bond acceptors (Lipinski definition) is 3. The summed E-state index contributed by atoms with van der Waals surface area (Å²) in [5.41, 5.74) is 7.47.